The van der Waals surface area contributed by atoms with Crippen molar-refractivity contribution in [3.05, 3.63) is 65.7 Å². The van der Waals surface area contributed by atoms with Gasteiger partial charge in [-0.1, -0.05) is 77.9 Å². The van der Waals surface area contributed by atoms with Crippen LogP contribution in [-0.2, 0) is 51.2 Å². The van der Waals surface area contributed by atoms with E-state index in [1.54, 1.807) is 70.2 Å². The lowest BCUT2D eigenvalue weighted by atomic mass is 9.98. The number of benzene rings is 2. The van der Waals surface area contributed by atoms with Crippen LogP contribution in [0.3, 0.4) is 0 Å². The van der Waals surface area contributed by atoms with Crippen molar-refractivity contribution in [2.45, 2.75) is 88.0 Å². The summed E-state index contributed by atoms with van der Waals surface area (Å²) in [5.74, 6) is -7.88. The second kappa shape index (κ2) is 21.3. The fourth-order valence-corrected chi connectivity index (χ4v) is 8.40. The normalized spacial score (nSPS) is 21.3. The van der Waals surface area contributed by atoms with Crippen LogP contribution in [0, 0.1) is 5.92 Å². The first-order valence-corrected chi connectivity index (χ1v) is 20.3. The van der Waals surface area contributed by atoms with Crippen molar-refractivity contribution < 1.29 is 48.6 Å². The highest BCUT2D eigenvalue weighted by Crippen LogP contribution is 2.39. The molecule has 1 aliphatic heterocycles. The smallest absolute Gasteiger partial charge is 0.305 e. The Morgan fingerprint density at radius 1 is 0.877 bits per heavy atom. The fraction of sp³-hybridized carbons (Fsp3) is 0.459. The number of carbonyl (C=O) groups excluding carboxylic acids is 7. The van der Waals surface area contributed by atoms with E-state index in [0.29, 0.717) is 11.1 Å². The lowest BCUT2D eigenvalue weighted by molar-refractivity contribution is -0.141. The van der Waals surface area contributed by atoms with Crippen LogP contribution in [0.15, 0.2) is 54.6 Å². The Morgan fingerprint density at radius 2 is 1.49 bits per heavy atom. The molecular weight excluding hydrogens is 781 g/mol. The first-order valence-electron chi connectivity index (χ1n) is 17.9. The number of aliphatic carboxylic acids is 1. The minimum Gasteiger partial charge on any atom is -0.508 e. The van der Waals surface area contributed by atoms with E-state index in [1.807, 2.05) is 0 Å². The van der Waals surface area contributed by atoms with Gasteiger partial charge >= 0.3 is 5.97 Å². The Morgan fingerprint density at radius 3 is 2.09 bits per heavy atom. The predicted octanol–water partition coefficient (Wildman–Crippen LogP) is -1.17. The molecule has 0 aromatic heterocycles. The molecule has 2 aromatic rings. The molecule has 1 fully saturated rings. The number of amides is 7. The highest BCUT2D eigenvalue weighted by Gasteiger charge is 2.42. The number of aromatic hydroxyl groups is 1. The van der Waals surface area contributed by atoms with Gasteiger partial charge in [-0.05, 0) is 49.4 Å². The van der Waals surface area contributed by atoms with E-state index in [-0.39, 0.29) is 24.3 Å². The van der Waals surface area contributed by atoms with Crippen LogP contribution in [0.4, 0.5) is 0 Å². The maximum absolute atomic E-state index is 14.0. The fourth-order valence-electron chi connectivity index (χ4n) is 5.58. The zero-order valence-electron chi connectivity index (χ0n) is 31.9. The molecule has 57 heavy (non-hydrogen) atoms. The molecule has 0 spiro atoms. The molecule has 20 heteroatoms. The van der Waals surface area contributed by atoms with Crippen molar-refractivity contribution in [3.63, 3.8) is 0 Å². The van der Waals surface area contributed by atoms with Crippen molar-refractivity contribution in [2.75, 3.05) is 12.3 Å². The minimum atomic E-state index is -1.73. The van der Waals surface area contributed by atoms with Gasteiger partial charge in [-0.15, -0.1) is 0 Å². The molecule has 0 bridgehead atoms. The molecule has 310 valence electrons. The van der Waals surface area contributed by atoms with Gasteiger partial charge in [-0.25, -0.2) is 0 Å². The SMILES string of the molecule is CC(C)[C@H](NC(=O)C1NC(=O)[C@H](CC(=O)O)NC(=O)[C@H](Cc2ccccc2)NC(=O)[C@H](NC(=O)[C@@H](N)Cc2ccc(O)cc2)CSSC1(C)C)C(=O)NCC(N)=O. The topological polar surface area (TPSA) is 301 Å². The maximum Gasteiger partial charge on any atom is 0.305 e. The van der Waals surface area contributed by atoms with Crippen LogP contribution in [-0.4, -0.2) is 111 Å². The van der Waals surface area contributed by atoms with E-state index in [4.69, 9.17) is 11.5 Å². The molecule has 0 radical (unpaired) electrons. The molecule has 6 atom stereocenters. The third kappa shape index (κ3) is 14.6. The summed E-state index contributed by atoms with van der Waals surface area (Å²) in [4.78, 5) is 105. The molecule has 1 heterocycles. The average Bonchev–Trinajstić information content (AvgIpc) is 3.14. The van der Waals surface area contributed by atoms with Gasteiger partial charge < -0.3 is 53.6 Å². The van der Waals surface area contributed by atoms with Crippen molar-refractivity contribution in [1.29, 1.82) is 0 Å². The van der Waals surface area contributed by atoms with E-state index in [0.717, 1.165) is 21.6 Å². The molecule has 0 saturated carbocycles. The van der Waals surface area contributed by atoms with Gasteiger partial charge in [-0.3, -0.25) is 38.4 Å². The molecule has 18 nitrogen and oxygen atoms in total. The van der Waals surface area contributed by atoms with Crippen LogP contribution in [0.2, 0.25) is 0 Å². The van der Waals surface area contributed by atoms with Crippen molar-refractivity contribution >= 4 is 68.9 Å². The van der Waals surface area contributed by atoms with E-state index in [2.05, 4.69) is 31.9 Å². The molecular formula is C37H50N8O10S2. The molecule has 1 unspecified atom stereocenters. The second-order valence-corrected chi connectivity index (χ2v) is 17.3. The Kier molecular flexibility index (Phi) is 17.2. The highest BCUT2D eigenvalue weighted by atomic mass is 33.1. The molecule has 12 N–H and O–H groups in total. The lowest BCUT2D eigenvalue weighted by Gasteiger charge is -2.36. The quantitative estimate of drug-likeness (QED) is 0.101. The first-order chi connectivity index (χ1) is 26.8. The maximum atomic E-state index is 14.0. The first kappa shape index (κ1) is 46.0. The predicted molar refractivity (Wildman–Crippen MR) is 213 cm³/mol. The monoisotopic (exact) mass is 830 g/mol. The Balaban J connectivity index is 2.02. The molecule has 3 rings (SSSR count). The summed E-state index contributed by atoms with van der Waals surface area (Å²) in [6.07, 6.45) is -0.926. The van der Waals surface area contributed by atoms with Crippen LogP contribution >= 0.6 is 21.6 Å². The number of carboxylic acid groups (broad SMARTS) is 1. The van der Waals surface area contributed by atoms with Gasteiger partial charge in [0.1, 0.15) is 36.0 Å². The molecule has 1 saturated heterocycles. The highest BCUT2D eigenvalue weighted by molar-refractivity contribution is 8.77. The summed E-state index contributed by atoms with van der Waals surface area (Å²) in [7, 11) is 2.11. The van der Waals surface area contributed by atoms with E-state index < -0.39 is 107 Å². The third-order valence-corrected chi connectivity index (χ3v) is 12.0. The number of nitrogens with one attached hydrogen (secondary N) is 6. The van der Waals surface area contributed by atoms with Crippen LogP contribution in [0.25, 0.3) is 0 Å². The lowest BCUT2D eigenvalue weighted by Crippen LogP contribution is -2.64. The van der Waals surface area contributed by atoms with E-state index in [9.17, 15) is 48.6 Å². The minimum absolute atomic E-state index is 0.0266. The Hall–Kier alpha value is -5.34. The van der Waals surface area contributed by atoms with Crippen LogP contribution < -0.4 is 43.4 Å². The number of phenolic OH excluding ortho intramolecular Hbond substituents is 1. The van der Waals surface area contributed by atoms with Crippen molar-refractivity contribution in [3.8, 4) is 5.75 Å². The largest absolute Gasteiger partial charge is 0.508 e. The van der Waals surface area contributed by atoms with Gasteiger partial charge in [-0.2, -0.15) is 0 Å². The number of carboxylic acids is 1. The molecule has 2 aromatic carbocycles. The van der Waals surface area contributed by atoms with Gasteiger partial charge in [0.15, 0.2) is 0 Å². The van der Waals surface area contributed by atoms with Crippen molar-refractivity contribution in [1.82, 2.24) is 31.9 Å². The summed E-state index contributed by atoms with van der Waals surface area (Å²) in [6.45, 7) is 5.94. The van der Waals surface area contributed by atoms with Crippen molar-refractivity contribution in [2.24, 2.45) is 17.4 Å². The van der Waals surface area contributed by atoms with Gasteiger partial charge in [0.25, 0.3) is 0 Å². The second-order valence-electron chi connectivity index (χ2n) is 14.3. The number of phenols is 1. The number of nitrogens with two attached hydrogens (primary N) is 2. The molecule has 1 aliphatic rings. The molecule has 7 amide bonds. The number of hydrogen-bond donors (Lipinski definition) is 10. The summed E-state index contributed by atoms with van der Waals surface area (Å²) in [5, 5.41) is 34.6. The zero-order chi connectivity index (χ0) is 42.4. The van der Waals surface area contributed by atoms with E-state index in [1.165, 1.54) is 12.1 Å². The molecule has 0 aliphatic carbocycles. The number of rotatable bonds is 14. The van der Waals surface area contributed by atoms with Crippen LogP contribution in [0.1, 0.15) is 45.2 Å². The van der Waals surface area contributed by atoms with Gasteiger partial charge in [0.05, 0.1) is 19.0 Å². The Bertz CT molecular complexity index is 1780. The number of carbonyl (C=O) groups is 8. The van der Waals surface area contributed by atoms with Gasteiger partial charge in [0, 0.05) is 16.9 Å². The summed E-state index contributed by atoms with van der Waals surface area (Å²) >= 11 is 0. The summed E-state index contributed by atoms with van der Waals surface area (Å²) < 4.78 is -1.27. The number of hydrogen-bond acceptors (Lipinski definition) is 12. The van der Waals surface area contributed by atoms with E-state index >= 15 is 0 Å². The summed E-state index contributed by atoms with van der Waals surface area (Å²) in [6, 6.07) is 6.45. The summed E-state index contributed by atoms with van der Waals surface area (Å²) in [5.41, 5.74) is 12.6. The third-order valence-electron chi connectivity index (χ3n) is 8.73. The Labute approximate surface area is 337 Å². The van der Waals surface area contributed by atoms with Gasteiger partial charge in [0.2, 0.25) is 41.4 Å². The standard InChI is InChI=1S/C37H50N8O10S2/c1-19(2)29(35(54)40-17-27(39)47)44-36(55)30-37(3,4)57-56-18-26(43-31(50)23(38)14-21-10-12-22(46)13-11-21)34(53)41-24(15-20-8-6-5-7-9-20)32(51)42-25(16-28(48)49)33(52)45-30/h5-13,19,23-26,29-30,46H,14-18,38H2,1-4H3,(H2,39,47)(H,40,54)(H,41,53)(H,42,51)(H,43,50)(H,44,55)(H,45,52)(H,48,49)/t23-,24-,25-,26+,29-,30?/m0/s1. The zero-order valence-corrected chi connectivity index (χ0v) is 33.5. The van der Waals surface area contributed by atoms with Crippen LogP contribution in [0.5, 0.6) is 5.75 Å². The average molecular weight is 831 g/mol. The number of primary amides is 1.